The van der Waals surface area contributed by atoms with Crippen molar-refractivity contribution in [1.82, 2.24) is 0 Å². The predicted octanol–water partition coefficient (Wildman–Crippen LogP) is 3.19. The summed E-state index contributed by atoms with van der Waals surface area (Å²) in [5.41, 5.74) is 7.52. The number of anilines is 1. The third kappa shape index (κ3) is 3.83. The molecule has 2 aromatic carbocycles. The Balaban J connectivity index is 2.30. The van der Waals surface area contributed by atoms with Crippen LogP contribution in [0, 0.1) is 0 Å². The van der Waals surface area contributed by atoms with Gasteiger partial charge in [-0.25, -0.2) is 0 Å². The molecule has 2 rings (SSSR count). The molecule has 0 unspecified atom stereocenters. The monoisotopic (exact) mass is 313 g/mol. The zero-order valence-corrected chi connectivity index (χ0v) is 13.3. The van der Waals surface area contributed by atoms with Crippen LogP contribution >= 0.6 is 0 Å². The molecule has 0 radical (unpaired) electrons. The smallest absolute Gasteiger partial charge is 0.185 e. The van der Waals surface area contributed by atoms with Gasteiger partial charge in [0, 0.05) is 22.9 Å². The third-order valence-electron chi connectivity index (χ3n) is 3.35. The standard InChI is InChI=1S/C18H19NO4/c1-21-16-11-18(23-3)17(22-2)10-13(16)6-9-15(20)12-4-7-14(19)8-5-12/h4-11H,19H2,1-3H3/b9-6+. The molecule has 0 aliphatic carbocycles. The first-order chi connectivity index (χ1) is 11.1. The van der Waals surface area contributed by atoms with E-state index in [1.807, 2.05) is 0 Å². The highest BCUT2D eigenvalue weighted by Gasteiger charge is 2.10. The number of hydrogen-bond acceptors (Lipinski definition) is 5. The van der Waals surface area contributed by atoms with E-state index in [-0.39, 0.29) is 5.78 Å². The molecule has 2 N–H and O–H groups in total. The second-order valence-electron chi connectivity index (χ2n) is 4.77. The number of carbonyl (C=O) groups excluding carboxylic acids is 1. The zero-order valence-electron chi connectivity index (χ0n) is 13.3. The van der Waals surface area contributed by atoms with Crippen molar-refractivity contribution in [3.8, 4) is 17.2 Å². The number of nitrogens with two attached hydrogens (primary N) is 1. The van der Waals surface area contributed by atoms with Crippen molar-refractivity contribution in [2.24, 2.45) is 0 Å². The van der Waals surface area contributed by atoms with Gasteiger partial charge in [0.1, 0.15) is 5.75 Å². The number of nitrogen functional groups attached to an aromatic ring is 1. The van der Waals surface area contributed by atoms with Crippen LogP contribution in [0.4, 0.5) is 5.69 Å². The molecule has 0 bridgehead atoms. The molecule has 5 nitrogen and oxygen atoms in total. The summed E-state index contributed by atoms with van der Waals surface area (Å²) < 4.78 is 15.8. The van der Waals surface area contributed by atoms with E-state index in [0.717, 1.165) is 0 Å². The minimum absolute atomic E-state index is 0.123. The fourth-order valence-corrected chi connectivity index (χ4v) is 2.09. The molecule has 5 heteroatoms. The molecular weight excluding hydrogens is 294 g/mol. The van der Waals surface area contributed by atoms with Gasteiger partial charge < -0.3 is 19.9 Å². The number of carbonyl (C=O) groups is 1. The SMILES string of the molecule is COc1cc(OC)c(OC)cc1/C=C/C(=O)c1ccc(N)cc1. The molecule has 0 heterocycles. The summed E-state index contributed by atoms with van der Waals surface area (Å²) in [7, 11) is 4.66. The highest BCUT2D eigenvalue weighted by atomic mass is 16.5. The minimum atomic E-state index is -0.123. The summed E-state index contributed by atoms with van der Waals surface area (Å²) in [6, 6.07) is 10.2. The van der Waals surface area contributed by atoms with E-state index in [4.69, 9.17) is 19.9 Å². The summed E-state index contributed by atoms with van der Waals surface area (Å²) >= 11 is 0. The molecule has 23 heavy (non-hydrogen) atoms. The maximum absolute atomic E-state index is 12.2. The van der Waals surface area contributed by atoms with Crippen LogP contribution in [-0.2, 0) is 0 Å². The predicted molar refractivity (Wildman–Crippen MR) is 90.3 cm³/mol. The van der Waals surface area contributed by atoms with Gasteiger partial charge >= 0.3 is 0 Å². The number of benzene rings is 2. The van der Waals surface area contributed by atoms with Gasteiger partial charge in [-0.05, 0) is 42.5 Å². The van der Waals surface area contributed by atoms with Crippen molar-refractivity contribution in [1.29, 1.82) is 0 Å². The highest BCUT2D eigenvalue weighted by Crippen LogP contribution is 2.35. The van der Waals surface area contributed by atoms with E-state index in [0.29, 0.717) is 34.1 Å². The molecule has 120 valence electrons. The van der Waals surface area contributed by atoms with Crippen LogP contribution in [0.5, 0.6) is 17.2 Å². The Morgan fingerprint density at radius 2 is 1.48 bits per heavy atom. The topological polar surface area (TPSA) is 70.8 Å². The lowest BCUT2D eigenvalue weighted by molar-refractivity contribution is 0.104. The van der Waals surface area contributed by atoms with Crippen molar-refractivity contribution in [3.05, 3.63) is 53.6 Å². The first kappa shape index (κ1) is 16.4. The number of hydrogen-bond donors (Lipinski definition) is 1. The van der Waals surface area contributed by atoms with Crippen molar-refractivity contribution in [2.75, 3.05) is 27.1 Å². The number of ketones is 1. The van der Waals surface area contributed by atoms with Crippen LogP contribution in [-0.4, -0.2) is 27.1 Å². The average molecular weight is 313 g/mol. The minimum Gasteiger partial charge on any atom is -0.496 e. The van der Waals surface area contributed by atoms with Gasteiger partial charge in [0.25, 0.3) is 0 Å². The molecule has 0 aliphatic rings. The maximum Gasteiger partial charge on any atom is 0.185 e. The Bertz CT molecular complexity index is 721. The van der Waals surface area contributed by atoms with E-state index in [9.17, 15) is 4.79 Å². The summed E-state index contributed by atoms with van der Waals surface area (Å²) in [6.07, 6.45) is 3.16. The Hall–Kier alpha value is -2.95. The van der Waals surface area contributed by atoms with E-state index in [1.165, 1.54) is 6.08 Å². The lowest BCUT2D eigenvalue weighted by atomic mass is 10.1. The van der Waals surface area contributed by atoms with Crippen LogP contribution in [0.3, 0.4) is 0 Å². The zero-order chi connectivity index (χ0) is 16.8. The van der Waals surface area contributed by atoms with Gasteiger partial charge in [0.15, 0.2) is 17.3 Å². The van der Waals surface area contributed by atoms with Gasteiger partial charge in [-0.3, -0.25) is 4.79 Å². The van der Waals surface area contributed by atoms with Crippen molar-refractivity contribution in [3.63, 3.8) is 0 Å². The fraction of sp³-hybridized carbons (Fsp3) is 0.167. The van der Waals surface area contributed by atoms with Gasteiger partial charge in [0.2, 0.25) is 0 Å². The van der Waals surface area contributed by atoms with Crippen LogP contribution in [0.25, 0.3) is 6.08 Å². The molecule has 0 saturated carbocycles. The van der Waals surface area contributed by atoms with Gasteiger partial charge in [0.05, 0.1) is 21.3 Å². The molecule has 0 saturated heterocycles. The summed E-state index contributed by atoms with van der Waals surface area (Å²) in [5.74, 6) is 1.59. The van der Waals surface area contributed by atoms with Crippen molar-refractivity contribution < 1.29 is 19.0 Å². The fourth-order valence-electron chi connectivity index (χ4n) is 2.09. The highest BCUT2D eigenvalue weighted by molar-refractivity contribution is 6.07. The summed E-state index contributed by atoms with van der Waals surface area (Å²) in [4.78, 5) is 12.2. The molecule has 0 amide bonds. The normalized spacial score (nSPS) is 10.6. The number of methoxy groups -OCH3 is 3. The van der Waals surface area contributed by atoms with E-state index in [2.05, 4.69) is 0 Å². The Morgan fingerprint density at radius 3 is 2.04 bits per heavy atom. The quantitative estimate of drug-likeness (QED) is 0.504. The van der Waals surface area contributed by atoms with Crippen molar-refractivity contribution in [2.45, 2.75) is 0 Å². The van der Waals surface area contributed by atoms with E-state index < -0.39 is 0 Å². The third-order valence-corrected chi connectivity index (χ3v) is 3.35. The van der Waals surface area contributed by atoms with Crippen LogP contribution in [0.2, 0.25) is 0 Å². The Morgan fingerprint density at radius 1 is 0.913 bits per heavy atom. The van der Waals surface area contributed by atoms with Crippen molar-refractivity contribution >= 4 is 17.5 Å². The Kier molecular flexibility index (Phi) is 5.25. The molecule has 0 aliphatic heterocycles. The summed E-state index contributed by atoms with van der Waals surface area (Å²) in [6.45, 7) is 0. The second kappa shape index (κ2) is 7.35. The number of rotatable bonds is 6. The molecule has 0 atom stereocenters. The first-order valence-corrected chi connectivity index (χ1v) is 6.97. The van der Waals surface area contributed by atoms with Crippen LogP contribution < -0.4 is 19.9 Å². The van der Waals surface area contributed by atoms with E-state index in [1.54, 1.807) is 63.8 Å². The molecule has 0 spiro atoms. The van der Waals surface area contributed by atoms with Crippen LogP contribution in [0.1, 0.15) is 15.9 Å². The molecule has 2 aromatic rings. The van der Waals surface area contributed by atoms with E-state index >= 15 is 0 Å². The Labute approximate surface area is 135 Å². The number of ether oxygens (including phenoxy) is 3. The largest absolute Gasteiger partial charge is 0.496 e. The maximum atomic E-state index is 12.2. The summed E-state index contributed by atoms with van der Waals surface area (Å²) in [5, 5.41) is 0. The van der Waals surface area contributed by atoms with Gasteiger partial charge in [-0.15, -0.1) is 0 Å². The van der Waals surface area contributed by atoms with Gasteiger partial charge in [-0.2, -0.15) is 0 Å². The van der Waals surface area contributed by atoms with Crippen LogP contribution in [0.15, 0.2) is 42.5 Å². The lowest BCUT2D eigenvalue weighted by Gasteiger charge is -2.12. The number of allylic oxidation sites excluding steroid dienone is 1. The van der Waals surface area contributed by atoms with Gasteiger partial charge in [-0.1, -0.05) is 0 Å². The lowest BCUT2D eigenvalue weighted by Crippen LogP contribution is -1.96. The second-order valence-corrected chi connectivity index (χ2v) is 4.77. The molecule has 0 fully saturated rings. The molecule has 0 aromatic heterocycles. The molecular formula is C18H19NO4. The first-order valence-electron chi connectivity index (χ1n) is 6.97. The average Bonchev–Trinajstić information content (AvgIpc) is 2.59.